The first kappa shape index (κ1) is 14.3. The summed E-state index contributed by atoms with van der Waals surface area (Å²) in [5.74, 6) is 0.0306. The third kappa shape index (κ3) is 3.45. The molecule has 0 aromatic rings. The standard InChI is InChI=1S/C13H23N3O3/c1-9(2)12-13(18)16(8-11(17)14-12)7-10-6-15(3)4-5-19-10/h9-10,12H,4-8H2,1-3H3,(H,14,17). The van der Waals surface area contributed by atoms with Crippen molar-refractivity contribution in [1.29, 1.82) is 0 Å². The molecule has 2 aliphatic rings. The number of carbonyl (C=O) groups is 2. The van der Waals surface area contributed by atoms with Gasteiger partial charge < -0.3 is 19.9 Å². The highest BCUT2D eigenvalue weighted by Crippen LogP contribution is 2.13. The maximum Gasteiger partial charge on any atom is 0.245 e. The van der Waals surface area contributed by atoms with Crippen LogP contribution < -0.4 is 5.32 Å². The Labute approximate surface area is 114 Å². The molecule has 2 aliphatic heterocycles. The Balaban J connectivity index is 1.98. The number of nitrogens with one attached hydrogen (secondary N) is 1. The molecule has 0 radical (unpaired) electrons. The Hall–Kier alpha value is -1.14. The first-order valence-electron chi connectivity index (χ1n) is 6.85. The van der Waals surface area contributed by atoms with Crippen LogP contribution in [0.1, 0.15) is 13.8 Å². The lowest BCUT2D eigenvalue weighted by molar-refractivity contribution is -0.148. The van der Waals surface area contributed by atoms with Crippen LogP contribution in [0.4, 0.5) is 0 Å². The predicted molar refractivity (Wildman–Crippen MR) is 70.6 cm³/mol. The van der Waals surface area contributed by atoms with Gasteiger partial charge in [0, 0.05) is 19.6 Å². The number of amides is 2. The average Bonchev–Trinajstić information content (AvgIpc) is 2.33. The highest BCUT2D eigenvalue weighted by atomic mass is 16.5. The van der Waals surface area contributed by atoms with Gasteiger partial charge in [-0.2, -0.15) is 0 Å². The number of morpholine rings is 1. The van der Waals surface area contributed by atoms with Gasteiger partial charge in [0.05, 0.1) is 19.3 Å². The minimum absolute atomic E-state index is 0.00131. The number of piperazine rings is 1. The quantitative estimate of drug-likeness (QED) is 0.736. The molecule has 108 valence electrons. The zero-order valence-electron chi connectivity index (χ0n) is 11.9. The summed E-state index contributed by atoms with van der Waals surface area (Å²) in [5, 5.41) is 2.76. The molecule has 2 rings (SSSR count). The first-order valence-corrected chi connectivity index (χ1v) is 6.85. The number of carbonyl (C=O) groups excluding carboxylic acids is 2. The largest absolute Gasteiger partial charge is 0.374 e. The molecule has 2 amide bonds. The van der Waals surface area contributed by atoms with E-state index in [9.17, 15) is 9.59 Å². The molecule has 6 heteroatoms. The summed E-state index contributed by atoms with van der Waals surface area (Å²) in [4.78, 5) is 27.8. The van der Waals surface area contributed by atoms with Crippen LogP contribution in [0.3, 0.4) is 0 Å². The van der Waals surface area contributed by atoms with Crippen molar-refractivity contribution in [3.05, 3.63) is 0 Å². The molecular weight excluding hydrogens is 246 g/mol. The summed E-state index contributed by atoms with van der Waals surface area (Å²) in [5.41, 5.74) is 0. The van der Waals surface area contributed by atoms with E-state index < -0.39 is 6.04 Å². The maximum absolute atomic E-state index is 12.3. The summed E-state index contributed by atoms with van der Waals surface area (Å²) in [6, 6.07) is -0.400. The van der Waals surface area contributed by atoms with E-state index in [-0.39, 0.29) is 30.4 Å². The fraction of sp³-hybridized carbons (Fsp3) is 0.846. The zero-order chi connectivity index (χ0) is 14.0. The molecule has 2 saturated heterocycles. The predicted octanol–water partition coefficient (Wildman–Crippen LogP) is -0.700. The second-order valence-electron chi connectivity index (χ2n) is 5.76. The maximum atomic E-state index is 12.3. The number of rotatable bonds is 3. The van der Waals surface area contributed by atoms with Gasteiger partial charge in [-0.05, 0) is 13.0 Å². The van der Waals surface area contributed by atoms with Crippen LogP contribution in [0.15, 0.2) is 0 Å². The minimum Gasteiger partial charge on any atom is -0.374 e. The molecule has 0 bridgehead atoms. The molecule has 2 heterocycles. The van der Waals surface area contributed by atoms with E-state index >= 15 is 0 Å². The van der Waals surface area contributed by atoms with Crippen molar-refractivity contribution in [3.8, 4) is 0 Å². The number of nitrogens with zero attached hydrogens (tertiary/aromatic N) is 2. The van der Waals surface area contributed by atoms with E-state index in [1.54, 1.807) is 4.90 Å². The molecule has 2 unspecified atom stereocenters. The molecule has 2 fully saturated rings. The van der Waals surface area contributed by atoms with Crippen molar-refractivity contribution in [3.63, 3.8) is 0 Å². The lowest BCUT2D eigenvalue weighted by Gasteiger charge is -2.38. The Morgan fingerprint density at radius 3 is 2.79 bits per heavy atom. The normalized spacial score (nSPS) is 29.8. The van der Waals surface area contributed by atoms with E-state index in [1.165, 1.54) is 0 Å². The van der Waals surface area contributed by atoms with Crippen molar-refractivity contribution >= 4 is 11.8 Å². The van der Waals surface area contributed by atoms with Crippen molar-refractivity contribution in [2.24, 2.45) is 5.92 Å². The number of hydrogen-bond acceptors (Lipinski definition) is 4. The highest BCUT2D eigenvalue weighted by Gasteiger charge is 2.36. The van der Waals surface area contributed by atoms with Crippen LogP contribution in [-0.2, 0) is 14.3 Å². The molecule has 0 saturated carbocycles. The van der Waals surface area contributed by atoms with Crippen molar-refractivity contribution in [2.75, 3.05) is 39.8 Å². The molecule has 0 aliphatic carbocycles. The Bertz CT molecular complexity index is 359. The van der Waals surface area contributed by atoms with Crippen LogP contribution in [0.2, 0.25) is 0 Å². The molecule has 19 heavy (non-hydrogen) atoms. The third-order valence-corrected chi connectivity index (χ3v) is 3.66. The summed E-state index contributed by atoms with van der Waals surface area (Å²) in [7, 11) is 2.04. The molecule has 0 spiro atoms. The molecule has 6 nitrogen and oxygen atoms in total. The van der Waals surface area contributed by atoms with Crippen LogP contribution in [0.25, 0.3) is 0 Å². The third-order valence-electron chi connectivity index (χ3n) is 3.66. The van der Waals surface area contributed by atoms with Gasteiger partial charge >= 0.3 is 0 Å². The van der Waals surface area contributed by atoms with E-state index in [2.05, 4.69) is 10.2 Å². The topological polar surface area (TPSA) is 61.9 Å². The Morgan fingerprint density at radius 1 is 1.42 bits per heavy atom. The van der Waals surface area contributed by atoms with Gasteiger partial charge in [0.15, 0.2) is 0 Å². The summed E-state index contributed by atoms with van der Waals surface area (Å²) in [6.45, 7) is 6.93. The van der Waals surface area contributed by atoms with Crippen molar-refractivity contribution in [1.82, 2.24) is 15.1 Å². The van der Waals surface area contributed by atoms with Crippen LogP contribution >= 0.6 is 0 Å². The van der Waals surface area contributed by atoms with Gasteiger partial charge in [-0.1, -0.05) is 13.8 Å². The number of hydrogen-bond donors (Lipinski definition) is 1. The molecule has 2 atom stereocenters. The summed E-state index contributed by atoms with van der Waals surface area (Å²) >= 11 is 0. The van der Waals surface area contributed by atoms with Gasteiger partial charge in [-0.25, -0.2) is 0 Å². The second kappa shape index (κ2) is 5.88. The fourth-order valence-electron chi connectivity index (χ4n) is 2.56. The molecule has 1 N–H and O–H groups in total. The Morgan fingerprint density at radius 2 is 2.16 bits per heavy atom. The monoisotopic (exact) mass is 269 g/mol. The van der Waals surface area contributed by atoms with E-state index in [0.29, 0.717) is 13.2 Å². The van der Waals surface area contributed by atoms with Gasteiger partial charge in [-0.3, -0.25) is 9.59 Å². The van der Waals surface area contributed by atoms with Crippen LogP contribution in [0, 0.1) is 5.92 Å². The van der Waals surface area contributed by atoms with E-state index in [1.807, 2.05) is 20.9 Å². The molecular formula is C13H23N3O3. The SMILES string of the molecule is CC(C)C1NC(=O)CN(CC2CN(C)CCO2)C1=O. The fourth-order valence-corrected chi connectivity index (χ4v) is 2.56. The first-order chi connectivity index (χ1) is 8.97. The van der Waals surface area contributed by atoms with E-state index in [0.717, 1.165) is 13.1 Å². The van der Waals surface area contributed by atoms with Crippen LogP contribution in [0.5, 0.6) is 0 Å². The summed E-state index contributed by atoms with van der Waals surface area (Å²) in [6.07, 6.45) is 0.00131. The smallest absolute Gasteiger partial charge is 0.245 e. The Kier molecular flexibility index (Phi) is 4.42. The van der Waals surface area contributed by atoms with E-state index in [4.69, 9.17) is 4.74 Å². The second-order valence-corrected chi connectivity index (χ2v) is 5.76. The van der Waals surface area contributed by atoms with Crippen molar-refractivity contribution < 1.29 is 14.3 Å². The van der Waals surface area contributed by atoms with Crippen LogP contribution in [-0.4, -0.2) is 73.6 Å². The zero-order valence-corrected chi connectivity index (χ0v) is 11.9. The molecule has 0 aromatic carbocycles. The lowest BCUT2D eigenvalue weighted by Crippen LogP contribution is -2.61. The number of ether oxygens (including phenoxy) is 1. The summed E-state index contributed by atoms with van der Waals surface area (Å²) < 4.78 is 5.66. The van der Waals surface area contributed by atoms with Gasteiger partial charge in [-0.15, -0.1) is 0 Å². The average molecular weight is 269 g/mol. The van der Waals surface area contributed by atoms with Crippen molar-refractivity contribution in [2.45, 2.75) is 26.0 Å². The minimum atomic E-state index is -0.400. The van der Waals surface area contributed by atoms with Gasteiger partial charge in [0.25, 0.3) is 0 Å². The molecule has 0 aromatic heterocycles. The highest BCUT2D eigenvalue weighted by molar-refractivity contribution is 5.95. The lowest BCUT2D eigenvalue weighted by atomic mass is 10.0. The number of likely N-dealkylation sites (N-methyl/N-ethyl adjacent to an activating group) is 1. The van der Waals surface area contributed by atoms with Gasteiger partial charge in [0.2, 0.25) is 11.8 Å². The van der Waals surface area contributed by atoms with Gasteiger partial charge in [0.1, 0.15) is 6.04 Å².